The first-order valence-corrected chi connectivity index (χ1v) is 10.4. The molecule has 2 atom stereocenters. The summed E-state index contributed by atoms with van der Waals surface area (Å²) >= 11 is 0. The fourth-order valence-electron chi connectivity index (χ4n) is 4.54. The molecular weight excluding hydrogens is 397 g/mol. The third-order valence-electron chi connectivity index (χ3n) is 5.97. The number of nitrogens with zero attached hydrogens (tertiary/aromatic N) is 4. The standard InChI is InChI=1S/C23H22FN5O2/c24-15-7-5-14(6-8-15)17-11-25-18-4-1-3-16-19(31)12-26-22(20(16)18)21(17)23-27-13-28-29(23)9-2-10-30/h1,3-8,13,17,21,25,30H,2,9-12H2. The third kappa shape index (κ3) is 3.42. The van der Waals surface area contributed by atoms with Gasteiger partial charge in [0, 0.05) is 42.4 Å². The normalized spacial score (nSPS) is 19.9. The number of ketones is 1. The van der Waals surface area contributed by atoms with Crippen molar-refractivity contribution >= 4 is 17.2 Å². The largest absolute Gasteiger partial charge is 0.396 e. The average molecular weight is 419 g/mol. The van der Waals surface area contributed by atoms with Gasteiger partial charge in [-0.15, -0.1) is 0 Å². The van der Waals surface area contributed by atoms with Gasteiger partial charge in [-0.25, -0.2) is 14.1 Å². The van der Waals surface area contributed by atoms with E-state index in [1.807, 2.05) is 18.2 Å². The average Bonchev–Trinajstić information content (AvgIpc) is 3.18. The van der Waals surface area contributed by atoms with Crippen molar-refractivity contribution in [2.24, 2.45) is 4.99 Å². The summed E-state index contributed by atoms with van der Waals surface area (Å²) in [6.07, 6.45) is 2.06. The number of hydrogen-bond donors (Lipinski definition) is 2. The highest BCUT2D eigenvalue weighted by Crippen LogP contribution is 2.42. The van der Waals surface area contributed by atoms with Crippen molar-refractivity contribution in [3.8, 4) is 0 Å². The molecule has 1 aromatic heterocycles. The van der Waals surface area contributed by atoms with E-state index >= 15 is 0 Å². The zero-order valence-electron chi connectivity index (χ0n) is 16.8. The molecule has 0 saturated heterocycles. The monoisotopic (exact) mass is 419 g/mol. The van der Waals surface area contributed by atoms with E-state index in [1.165, 1.54) is 18.5 Å². The Balaban J connectivity index is 1.70. The lowest BCUT2D eigenvalue weighted by Gasteiger charge is -2.28. The molecule has 3 aromatic rings. The number of halogens is 1. The van der Waals surface area contributed by atoms with Crippen LogP contribution >= 0.6 is 0 Å². The Kier molecular flexibility index (Phi) is 5.07. The van der Waals surface area contributed by atoms with Gasteiger partial charge in [0.1, 0.15) is 24.5 Å². The van der Waals surface area contributed by atoms with Gasteiger partial charge in [0.2, 0.25) is 0 Å². The number of nitrogens with one attached hydrogen (secondary N) is 1. The molecule has 31 heavy (non-hydrogen) atoms. The highest BCUT2D eigenvalue weighted by molar-refractivity contribution is 6.20. The molecule has 0 fully saturated rings. The molecule has 0 saturated carbocycles. The van der Waals surface area contributed by atoms with Crippen LogP contribution in [0.25, 0.3) is 0 Å². The molecule has 0 radical (unpaired) electrons. The van der Waals surface area contributed by atoms with E-state index in [4.69, 9.17) is 4.99 Å². The number of aliphatic hydroxyl groups is 1. The minimum atomic E-state index is -0.292. The van der Waals surface area contributed by atoms with Crippen LogP contribution < -0.4 is 5.32 Å². The van der Waals surface area contributed by atoms with Crippen molar-refractivity contribution in [1.82, 2.24) is 14.8 Å². The topological polar surface area (TPSA) is 92.4 Å². The molecule has 2 N–H and O–H groups in total. The number of anilines is 1. The zero-order chi connectivity index (χ0) is 21.4. The lowest BCUT2D eigenvalue weighted by atomic mass is 9.78. The van der Waals surface area contributed by atoms with E-state index < -0.39 is 0 Å². The molecule has 0 spiro atoms. The highest BCUT2D eigenvalue weighted by Gasteiger charge is 2.40. The smallest absolute Gasteiger partial charge is 0.184 e. The van der Waals surface area contributed by atoms with E-state index in [0.29, 0.717) is 25.1 Å². The SMILES string of the molecule is O=C1CN=C2c3c(cccc31)NCC(c1ccc(F)cc1)C2c1ncnn1CCCO. The molecule has 8 heteroatoms. The summed E-state index contributed by atoms with van der Waals surface area (Å²) in [5, 5.41) is 17.2. The maximum absolute atomic E-state index is 13.6. The Morgan fingerprint density at radius 1 is 1.19 bits per heavy atom. The second-order valence-corrected chi connectivity index (χ2v) is 7.79. The summed E-state index contributed by atoms with van der Waals surface area (Å²) in [6, 6.07) is 12.1. The maximum Gasteiger partial charge on any atom is 0.184 e. The predicted molar refractivity (Wildman–Crippen MR) is 114 cm³/mol. The lowest BCUT2D eigenvalue weighted by molar-refractivity contribution is 0.1000. The molecule has 2 unspecified atom stereocenters. The van der Waals surface area contributed by atoms with Crippen molar-refractivity contribution in [1.29, 1.82) is 0 Å². The summed E-state index contributed by atoms with van der Waals surface area (Å²) in [5.74, 6) is 0.0298. The molecule has 2 aromatic carbocycles. The summed E-state index contributed by atoms with van der Waals surface area (Å²) < 4.78 is 15.4. The molecule has 0 aliphatic carbocycles. The Morgan fingerprint density at radius 3 is 2.84 bits per heavy atom. The van der Waals surface area contributed by atoms with Gasteiger partial charge in [-0.1, -0.05) is 24.3 Å². The molecule has 158 valence electrons. The van der Waals surface area contributed by atoms with E-state index in [0.717, 1.165) is 28.4 Å². The van der Waals surface area contributed by atoms with Gasteiger partial charge in [-0.3, -0.25) is 9.79 Å². The number of aliphatic hydroxyl groups excluding tert-OH is 1. The number of Topliss-reactive ketones (excluding diaryl/α,β-unsaturated/α-hetero) is 1. The summed E-state index contributed by atoms with van der Waals surface area (Å²) in [7, 11) is 0. The van der Waals surface area contributed by atoms with Gasteiger partial charge in [-0.2, -0.15) is 5.10 Å². The van der Waals surface area contributed by atoms with Gasteiger partial charge < -0.3 is 10.4 Å². The van der Waals surface area contributed by atoms with E-state index in [-0.39, 0.29) is 36.6 Å². The van der Waals surface area contributed by atoms with Gasteiger partial charge >= 0.3 is 0 Å². The molecule has 5 rings (SSSR count). The molecule has 0 bridgehead atoms. The van der Waals surface area contributed by atoms with Crippen LogP contribution in [0.5, 0.6) is 0 Å². The second-order valence-electron chi connectivity index (χ2n) is 7.79. The van der Waals surface area contributed by atoms with E-state index in [9.17, 15) is 14.3 Å². The summed E-state index contributed by atoms with van der Waals surface area (Å²) in [6.45, 7) is 1.22. The zero-order valence-corrected chi connectivity index (χ0v) is 16.8. The first kappa shape index (κ1) is 19.6. The number of carbonyl (C=O) groups excluding carboxylic acids is 1. The second kappa shape index (κ2) is 8.03. The van der Waals surface area contributed by atoms with Crippen molar-refractivity contribution < 1.29 is 14.3 Å². The van der Waals surface area contributed by atoms with E-state index in [2.05, 4.69) is 15.4 Å². The van der Waals surface area contributed by atoms with Crippen LogP contribution in [0.15, 0.2) is 53.8 Å². The number of benzene rings is 2. The molecule has 7 nitrogen and oxygen atoms in total. The molecule has 2 aliphatic heterocycles. The van der Waals surface area contributed by atoms with Crippen molar-refractivity contribution in [3.63, 3.8) is 0 Å². The number of hydrogen-bond acceptors (Lipinski definition) is 6. The molecule has 0 amide bonds. The van der Waals surface area contributed by atoms with Crippen LogP contribution in [-0.4, -0.2) is 51.1 Å². The van der Waals surface area contributed by atoms with Crippen LogP contribution in [0, 0.1) is 5.82 Å². The quantitative estimate of drug-likeness (QED) is 0.664. The van der Waals surface area contributed by atoms with Crippen molar-refractivity contribution in [2.75, 3.05) is 25.0 Å². The number of carbonyl (C=O) groups is 1. The van der Waals surface area contributed by atoms with Crippen LogP contribution in [0.2, 0.25) is 0 Å². The minimum absolute atomic E-state index is 0.0110. The van der Waals surface area contributed by atoms with Crippen LogP contribution in [0.1, 0.15) is 45.6 Å². The number of rotatable bonds is 5. The van der Waals surface area contributed by atoms with E-state index in [1.54, 1.807) is 16.8 Å². The van der Waals surface area contributed by atoms with Crippen molar-refractivity contribution in [3.05, 3.63) is 77.1 Å². The Morgan fingerprint density at radius 2 is 2.03 bits per heavy atom. The number of aliphatic imine (C=N–C) groups is 1. The summed E-state index contributed by atoms with van der Waals surface area (Å²) in [5.41, 5.74) is 4.07. The van der Waals surface area contributed by atoms with Gasteiger partial charge in [0.15, 0.2) is 5.78 Å². The first-order valence-electron chi connectivity index (χ1n) is 10.4. The number of aromatic nitrogens is 3. The maximum atomic E-state index is 13.6. The fraction of sp³-hybridized carbons (Fsp3) is 0.304. The first-order chi connectivity index (χ1) is 15.2. The third-order valence-corrected chi connectivity index (χ3v) is 5.97. The number of aryl methyl sites for hydroxylation is 1. The van der Waals surface area contributed by atoms with Gasteiger partial charge in [-0.05, 0) is 30.2 Å². The summed E-state index contributed by atoms with van der Waals surface area (Å²) in [4.78, 5) is 21.9. The highest BCUT2D eigenvalue weighted by atomic mass is 19.1. The predicted octanol–water partition coefficient (Wildman–Crippen LogP) is 2.78. The van der Waals surface area contributed by atoms with Crippen molar-refractivity contribution in [2.45, 2.75) is 24.8 Å². The molecule has 2 aliphatic rings. The Bertz CT molecular complexity index is 1160. The molecular formula is C23H22FN5O2. The van der Waals surface area contributed by atoms with Gasteiger partial charge in [0.25, 0.3) is 0 Å². The Hall–Kier alpha value is -3.39. The lowest BCUT2D eigenvalue weighted by Crippen LogP contribution is -2.30. The van der Waals surface area contributed by atoms with Crippen LogP contribution in [0.3, 0.4) is 0 Å². The van der Waals surface area contributed by atoms with Gasteiger partial charge in [0.05, 0.1) is 11.6 Å². The fourth-order valence-corrected chi connectivity index (χ4v) is 4.54. The Labute approximate surface area is 178 Å². The van der Waals surface area contributed by atoms with Crippen LogP contribution in [0.4, 0.5) is 10.1 Å². The minimum Gasteiger partial charge on any atom is -0.396 e. The van der Waals surface area contributed by atoms with Crippen LogP contribution in [-0.2, 0) is 6.54 Å². The molecule has 3 heterocycles.